The second-order valence-corrected chi connectivity index (χ2v) is 7.36. The van der Waals surface area contributed by atoms with Crippen molar-refractivity contribution >= 4 is 11.6 Å². The van der Waals surface area contributed by atoms with E-state index in [1.165, 1.54) is 11.1 Å². The van der Waals surface area contributed by atoms with E-state index < -0.39 is 0 Å². The minimum absolute atomic E-state index is 0.0139. The number of hydrogen-bond acceptors (Lipinski definition) is 3. The zero-order valence-corrected chi connectivity index (χ0v) is 13.2. The molecule has 0 saturated heterocycles. The molecule has 0 amide bonds. The van der Waals surface area contributed by atoms with Crippen LogP contribution in [0.5, 0.6) is 0 Å². The maximum Gasteiger partial charge on any atom is 0.139 e. The average molecular weight is 288 g/mol. The van der Waals surface area contributed by atoms with Crippen molar-refractivity contribution in [2.24, 2.45) is 11.3 Å². The molecule has 2 aliphatic rings. The summed E-state index contributed by atoms with van der Waals surface area (Å²) in [5.41, 5.74) is 2.24. The molecule has 0 spiro atoms. The summed E-state index contributed by atoms with van der Waals surface area (Å²) in [6.45, 7) is 5.99. The lowest BCUT2D eigenvalue weighted by Gasteiger charge is -2.53. The third-order valence-corrected chi connectivity index (χ3v) is 6.10. The van der Waals surface area contributed by atoms with Gasteiger partial charge in [-0.1, -0.05) is 13.8 Å². The molecule has 1 saturated carbocycles. The van der Waals surface area contributed by atoms with E-state index in [1.807, 2.05) is 12.5 Å². The van der Waals surface area contributed by atoms with Crippen molar-refractivity contribution in [2.75, 3.05) is 0 Å². The molecule has 2 aliphatic carbocycles. The molecule has 3 heteroatoms. The van der Waals surface area contributed by atoms with Gasteiger partial charge >= 0.3 is 0 Å². The topological polar surface area (TPSA) is 47.3 Å². The Morgan fingerprint density at radius 3 is 2.81 bits per heavy atom. The van der Waals surface area contributed by atoms with Crippen molar-refractivity contribution in [2.45, 2.75) is 64.7 Å². The first-order valence-electron chi connectivity index (χ1n) is 7.96. The number of carbonyl (C=O) groups excluding carboxylic acids is 2. The normalized spacial score (nSPS) is 35.2. The van der Waals surface area contributed by atoms with E-state index >= 15 is 0 Å². The van der Waals surface area contributed by atoms with E-state index in [9.17, 15) is 9.59 Å². The van der Waals surface area contributed by atoms with Crippen molar-refractivity contribution in [3.05, 3.63) is 23.7 Å². The molecule has 21 heavy (non-hydrogen) atoms. The van der Waals surface area contributed by atoms with Gasteiger partial charge < -0.3 is 9.21 Å². The summed E-state index contributed by atoms with van der Waals surface area (Å²) in [5, 5.41) is 0. The van der Waals surface area contributed by atoms with Crippen LogP contribution in [0.1, 0.15) is 64.0 Å². The number of Topliss-reactive ketones (excluding diaryl/α,β-unsaturated/α-hetero) is 2. The summed E-state index contributed by atoms with van der Waals surface area (Å²) < 4.78 is 5.44. The molecule has 0 bridgehead atoms. The van der Waals surface area contributed by atoms with Gasteiger partial charge in [-0.05, 0) is 49.7 Å². The third-order valence-electron chi connectivity index (χ3n) is 6.10. The number of carbonyl (C=O) groups is 2. The van der Waals surface area contributed by atoms with Crippen LogP contribution in [0.4, 0.5) is 0 Å². The molecule has 114 valence electrons. The monoisotopic (exact) mass is 288 g/mol. The summed E-state index contributed by atoms with van der Waals surface area (Å²) in [6.07, 6.45) is 8.45. The SMILES string of the molecule is CC(=O)CC[C@@]1(C)C(=O)CC[C@@]2(C)c3cocc3CC[C@H]12. The van der Waals surface area contributed by atoms with Crippen LogP contribution in [0.25, 0.3) is 0 Å². The second kappa shape index (κ2) is 4.82. The van der Waals surface area contributed by atoms with Gasteiger partial charge in [0.25, 0.3) is 0 Å². The number of rotatable bonds is 3. The van der Waals surface area contributed by atoms with Crippen molar-refractivity contribution in [3.63, 3.8) is 0 Å². The summed E-state index contributed by atoms with van der Waals surface area (Å²) in [4.78, 5) is 24.0. The molecule has 0 unspecified atom stereocenters. The zero-order valence-electron chi connectivity index (χ0n) is 13.2. The first-order chi connectivity index (χ1) is 9.88. The van der Waals surface area contributed by atoms with Crippen molar-refractivity contribution < 1.29 is 14.0 Å². The minimum Gasteiger partial charge on any atom is -0.472 e. The quantitative estimate of drug-likeness (QED) is 0.849. The van der Waals surface area contributed by atoms with E-state index in [-0.39, 0.29) is 16.6 Å². The largest absolute Gasteiger partial charge is 0.472 e. The van der Waals surface area contributed by atoms with Crippen LogP contribution >= 0.6 is 0 Å². The van der Waals surface area contributed by atoms with Crippen LogP contribution < -0.4 is 0 Å². The maximum atomic E-state index is 12.6. The fourth-order valence-electron chi connectivity index (χ4n) is 4.76. The van der Waals surface area contributed by atoms with Gasteiger partial charge in [0.1, 0.15) is 11.6 Å². The predicted octanol–water partition coefficient (Wildman–Crippen LogP) is 3.84. The Kier molecular flexibility index (Phi) is 3.34. The number of ketones is 2. The molecule has 0 aromatic carbocycles. The van der Waals surface area contributed by atoms with Gasteiger partial charge in [0.15, 0.2) is 0 Å². The molecular formula is C18H24O3. The first-order valence-corrected chi connectivity index (χ1v) is 7.96. The zero-order chi connectivity index (χ0) is 15.3. The van der Waals surface area contributed by atoms with E-state index in [1.54, 1.807) is 6.92 Å². The van der Waals surface area contributed by atoms with E-state index in [0.29, 0.717) is 31.0 Å². The molecule has 1 aromatic heterocycles. The highest BCUT2D eigenvalue weighted by Crippen LogP contribution is 2.57. The summed E-state index contributed by atoms with van der Waals surface area (Å²) in [6, 6.07) is 0. The molecule has 1 fully saturated rings. The fraction of sp³-hybridized carbons (Fsp3) is 0.667. The summed E-state index contributed by atoms with van der Waals surface area (Å²) >= 11 is 0. The van der Waals surface area contributed by atoms with Gasteiger partial charge in [-0.3, -0.25) is 4.79 Å². The van der Waals surface area contributed by atoms with Crippen LogP contribution in [0.3, 0.4) is 0 Å². The van der Waals surface area contributed by atoms with Gasteiger partial charge in [-0.25, -0.2) is 0 Å². The lowest BCUT2D eigenvalue weighted by atomic mass is 9.49. The van der Waals surface area contributed by atoms with Crippen molar-refractivity contribution in [1.29, 1.82) is 0 Å². The van der Waals surface area contributed by atoms with Gasteiger partial charge in [0.2, 0.25) is 0 Å². The Morgan fingerprint density at radius 1 is 1.33 bits per heavy atom. The van der Waals surface area contributed by atoms with Crippen LogP contribution in [-0.4, -0.2) is 11.6 Å². The van der Waals surface area contributed by atoms with Gasteiger partial charge in [0.05, 0.1) is 12.5 Å². The molecule has 0 radical (unpaired) electrons. The van der Waals surface area contributed by atoms with Crippen LogP contribution in [0.2, 0.25) is 0 Å². The molecule has 1 heterocycles. The molecule has 3 atom stereocenters. The lowest BCUT2D eigenvalue weighted by Crippen LogP contribution is -2.53. The average Bonchev–Trinajstić information content (AvgIpc) is 2.91. The van der Waals surface area contributed by atoms with Crippen molar-refractivity contribution in [1.82, 2.24) is 0 Å². The van der Waals surface area contributed by atoms with Gasteiger partial charge in [-0.15, -0.1) is 0 Å². The maximum absolute atomic E-state index is 12.6. The van der Waals surface area contributed by atoms with Gasteiger partial charge in [0, 0.05) is 23.7 Å². The third kappa shape index (κ3) is 2.09. The molecule has 1 aromatic rings. The van der Waals surface area contributed by atoms with Crippen LogP contribution in [0.15, 0.2) is 16.9 Å². The highest BCUT2D eigenvalue weighted by molar-refractivity contribution is 5.87. The van der Waals surface area contributed by atoms with Crippen LogP contribution in [0, 0.1) is 11.3 Å². The predicted molar refractivity (Wildman–Crippen MR) is 80.1 cm³/mol. The Labute approximate surface area is 126 Å². The van der Waals surface area contributed by atoms with E-state index in [2.05, 4.69) is 13.8 Å². The number of fused-ring (bicyclic) bond motifs is 3. The highest BCUT2D eigenvalue weighted by Gasteiger charge is 2.55. The second-order valence-electron chi connectivity index (χ2n) is 7.36. The van der Waals surface area contributed by atoms with E-state index in [4.69, 9.17) is 4.42 Å². The standard InChI is InChI=1S/C18H24O3/c1-12(19)6-8-18(3)15-5-4-13-10-21-11-14(13)17(15,2)9-7-16(18)20/h10-11,15H,4-9H2,1-3H3/t15-,17-,18+/m0/s1. The van der Waals surface area contributed by atoms with Crippen molar-refractivity contribution in [3.8, 4) is 0 Å². The molecular weight excluding hydrogens is 264 g/mol. The number of aryl methyl sites for hydroxylation is 1. The number of hydrogen-bond donors (Lipinski definition) is 0. The smallest absolute Gasteiger partial charge is 0.139 e. The molecule has 0 aliphatic heterocycles. The molecule has 3 nitrogen and oxygen atoms in total. The summed E-state index contributed by atoms with van der Waals surface area (Å²) in [5.74, 6) is 0.838. The Bertz CT molecular complexity index is 585. The van der Waals surface area contributed by atoms with E-state index in [0.717, 1.165) is 19.3 Å². The molecule has 0 N–H and O–H groups in total. The Balaban J connectivity index is 1.99. The fourth-order valence-corrected chi connectivity index (χ4v) is 4.76. The summed E-state index contributed by atoms with van der Waals surface area (Å²) in [7, 11) is 0. The molecule has 3 rings (SSSR count). The Morgan fingerprint density at radius 2 is 2.10 bits per heavy atom. The highest BCUT2D eigenvalue weighted by atomic mass is 16.3. The Hall–Kier alpha value is -1.38. The van der Waals surface area contributed by atoms with Gasteiger partial charge in [-0.2, -0.15) is 0 Å². The lowest BCUT2D eigenvalue weighted by molar-refractivity contribution is -0.139. The van der Waals surface area contributed by atoms with Crippen LogP contribution in [-0.2, 0) is 21.4 Å². The first kappa shape index (κ1) is 14.6. The minimum atomic E-state index is -0.367. The number of furan rings is 1.